The molecule has 0 saturated carbocycles. The maximum Gasteiger partial charge on any atom is 0.270 e. The summed E-state index contributed by atoms with van der Waals surface area (Å²) in [6.07, 6.45) is 0. The first kappa shape index (κ1) is 15.8. The lowest BCUT2D eigenvalue weighted by Crippen LogP contribution is -2.11. The van der Waals surface area contributed by atoms with Crippen molar-refractivity contribution in [1.82, 2.24) is 10.1 Å². The maximum atomic E-state index is 12.8. The first-order chi connectivity index (χ1) is 12.5. The van der Waals surface area contributed by atoms with E-state index in [0.717, 1.165) is 5.56 Å². The van der Waals surface area contributed by atoms with Crippen molar-refractivity contribution in [2.75, 3.05) is 0 Å². The number of aryl methyl sites for hydroxylation is 1. The first-order valence-corrected chi connectivity index (χ1v) is 7.88. The highest BCUT2D eigenvalue weighted by Gasteiger charge is 2.21. The van der Waals surface area contributed by atoms with Gasteiger partial charge in [-0.05, 0) is 18.6 Å². The zero-order chi connectivity index (χ0) is 18.3. The predicted molar refractivity (Wildman–Crippen MR) is 96.9 cm³/mol. The zero-order valence-corrected chi connectivity index (χ0v) is 13.7. The standard InChI is InChI=1S/C19H13N3O4/c1-11-9-16(26-21-11)18-17(12-5-3-2-4-6-12)14-10-13(22(24)25)7-8-15(14)20-19(18)23/h2-10H,1H3,(H,20,23). The molecular formula is C19H13N3O4. The van der Waals surface area contributed by atoms with E-state index in [4.69, 9.17) is 4.52 Å². The van der Waals surface area contributed by atoms with E-state index in [1.54, 1.807) is 13.0 Å². The molecule has 128 valence electrons. The van der Waals surface area contributed by atoms with Crippen LogP contribution in [0.3, 0.4) is 0 Å². The molecule has 1 N–H and O–H groups in total. The van der Waals surface area contributed by atoms with Crippen LogP contribution < -0.4 is 5.56 Å². The number of nitro benzene ring substituents is 1. The van der Waals surface area contributed by atoms with Gasteiger partial charge in [0.1, 0.15) is 0 Å². The van der Waals surface area contributed by atoms with Crippen LogP contribution in [0.2, 0.25) is 0 Å². The molecule has 0 aliphatic heterocycles. The molecule has 0 aliphatic rings. The summed E-state index contributed by atoms with van der Waals surface area (Å²) in [6.45, 7) is 1.76. The average molecular weight is 347 g/mol. The molecule has 4 rings (SSSR count). The van der Waals surface area contributed by atoms with E-state index in [9.17, 15) is 14.9 Å². The number of nitrogens with zero attached hydrogens (tertiary/aromatic N) is 2. The molecule has 2 aromatic carbocycles. The van der Waals surface area contributed by atoms with Gasteiger partial charge in [-0.25, -0.2) is 0 Å². The van der Waals surface area contributed by atoms with Crippen LogP contribution in [0, 0.1) is 17.0 Å². The number of non-ortho nitro benzene ring substituents is 1. The van der Waals surface area contributed by atoms with Crippen LogP contribution in [0.4, 0.5) is 5.69 Å². The zero-order valence-electron chi connectivity index (χ0n) is 13.7. The highest BCUT2D eigenvalue weighted by atomic mass is 16.6. The monoisotopic (exact) mass is 347 g/mol. The van der Waals surface area contributed by atoms with Crippen LogP contribution >= 0.6 is 0 Å². The number of rotatable bonds is 3. The number of benzene rings is 2. The number of pyridine rings is 1. The quantitative estimate of drug-likeness (QED) is 0.444. The van der Waals surface area contributed by atoms with Crippen LogP contribution in [-0.4, -0.2) is 15.1 Å². The van der Waals surface area contributed by atoms with Crippen LogP contribution in [0.5, 0.6) is 0 Å². The van der Waals surface area contributed by atoms with Crippen molar-refractivity contribution in [3.63, 3.8) is 0 Å². The maximum absolute atomic E-state index is 12.8. The number of fused-ring (bicyclic) bond motifs is 1. The first-order valence-electron chi connectivity index (χ1n) is 7.88. The van der Waals surface area contributed by atoms with Crippen molar-refractivity contribution in [1.29, 1.82) is 0 Å². The molecule has 0 bridgehead atoms. The van der Waals surface area contributed by atoms with Gasteiger partial charge in [-0.2, -0.15) is 0 Å². The fraction of sp³-hybridized carbons (Fsp3) is 0.0526. The topological polar surface area (TPSA) is 102 Å². The lowest BCUT2D eigenvalue weighted by atomic mass is 9.94. The molecule has 0 atom stereocenters. The van der Waals surface area contributed by atoms with Crippen molar-refractivity contribution in [2.45, 2.75) is 6.92 Å². The minimum atomic E-state index is -0.461. The van der Waals surface area contributed by atoms with Gasteiger partial charge in [0.15, 0.2) is 5.76 Å². The van der Waals surface area contributed by atoms with E-state index >= 15 is 0 Å². The third-order valence-electron chi connectivity index (χ3n) is 4.15. The summed E-state index contributed by atoms with van der Waals surface area (Å²) in [7, 11) is 0. The summed E-state index contributed by atoms with van der Waals surface area (Å²) in [5.41, 5.74) is 2.38. The Hall–Kier alpha value is -3.74. The lowest BCUT2D eigenvalue weighted by Gasteiger charge is -2.11. The fourth-order valence-corrected chi connectivity index (χ4v) is 3.02. The van der Waals surface area contributed by atoms with Gasteiger partial charge < -0.3 is 9.51 Å². The highest BCUT2D eigenvalue weighted by molar-refractivity contribution is 6.02. The molecule has 26 heavy (non-hydrogen) atoms. The Balaban J connectivity index is 2.17. The summed E-state index contributed by atoms with van der Waals surface area (Å²) in [5.74, 6) is 0.316. The molecule has 0 fully saturated rings. The van der Waals surface area contributed by atoms with Crippen LogP contribution in [-0.2, 0) is 0 Å². The van der Waals surface area contributed by atoms with Crippen LogP contribution in [0.15, 0.2) is 63.9 Å². The number of aromatic nitrogens is 2. The summed E-state index contributed by atoms with van der Waals surface area (Å²) in [5, 5.41) is 15.6. The molecule has 2 heterocycles. The number of hydrogen-bond donors (Lipinski definition) is 1. The average Bonchev–Trinajstić information content (AvgIpc) is 3.06. The van der Waals surface area contributed by atoms with Crippen molar-refractivity contribution in [3.05, 3.63) is 80.8 Å². The molecule has 0 amide bonds. The van der Waals surface area contributed by atoms with Gasteiger partial charge in [-0.3, -0.25) is 14.9 Å². The molecule has 7 nitrogen and oxygen atoms in total. The van der Waals surface area contributed by atoms with Gasteiger partial charge in [0.25, 0.3) is 11.2 Å². The molecule has 2 aromatic heterocycles. The highest BCUT2D eigenvalue weighted by Crippen LogP contribution is 2.36. The summed E-state index contributed by atoms with van der Waals surface area (Å²) < 4.78 is 5.32. The van der Waals surface area contributed by atoms with Crippen LogP contribution in [0.1, 0.15) is 5.69 Å². The van der Waals surface area contributed by atoms with E-state index < -0.39 is 4.92 Å². The largest absolute Gasteiger partial charge is 0.356 e. The Morgan fingerprint density at radius 1 is 1.08 bits per heavy atom. The molecule has 7 heteroatoms. The Morgan fingerprint density at radius 3 is 2.50 bits per heavy atom. The van der Waals surface area contributed by atoms with Gasteiger partial charge in [-0.1, -0.05) is 35.5 Å². The number of hydrogen-bond acceptors (Lipinski definition) is 5. The minimum Gasteiger partial charge on any atom is -0.356 e. The molecule has 4 aromatic rings. The molecule has 0 spiro atoms. The summed E-state index contributed by atoms with van der Waals surface area (Å²) in [6, 6.07) is 15.3. The van der Waals surface area contributed by atoms with Gasteiger partial charge in [0.05, 0.1) is 16.2 Å². The Labute approximate surface area is 147 Å². The predicted octanol–water partition coefficient (Wildman–Crippen LogP) is 4.07. The smallest absolute Gasteiger partial charge is 0.270 e. The fourth-order valence-electron chi connectivity index (χ4n) is 3.02. The number of nitro groups is 1. The normalized spacial score (nSPS) is 11.0. The van der Waals surface area contributed by atoms with Crippen LogP contribution in [0.25, 0.3) is 33.4 Å². The van der Waals surface area contributed by atoms with E-state index in [2.05, 4.69) is 10.1 Å². The number of H-pyrrole nitrogens is 1. The molecule has 0 saturated heterocycles. The second-order valence-corrected chi connectivity index (χ2v) is 5.89. The van der Waals surface area contributed by atoms with Crippen molar-refractivity contribution in [2.24, 2.45) is 0 Å². The molecule has 0 unspecified atom stereocenters. The van der Waals surface area contributed by atoms with Gasteiger partial charge >= 0.3 is 0 Å². The second kappa shape index (κ2) is 5.96. The van der Waals surface area contributed by atoms with Gasteiger partial charge in [0.2, 0.25) is 0 Å². The number of nitrogens with one attached hydrogen (secondary N) is 1. The third-order valence-corrected chi connectivity index (χ3v) is 4.15. The van der Waals surface area contributed by atoms with Crippen molar-refractivity contribution >= 4 is 16.6 Å². The van der Waals surface area contributed by atoms with Gasteiger partial charge in [0, 0.05) is 34.7 Å². The van der Waals surface area contributed by atoms with E-state index in [0.29, 0.717) is 33.5 Å². The summed E-state index contributed by atoms with van der Waals surface area (Å²) >= 11 is 0. The Bertz CT molecular complexity index is 1190. The SMILES string of the molecule is Cc1cc(-c2c(-c3ccccc3)c3cc([N+](=O)[O-])ccc3[nH]c2=O)on1. The van der Waals surface area contributed by atoms with E-state index in [-0.39, 0.29) is 11.2 Å². The minimum absolute atomic E-state index is 0.0542. The molecular weight excluding hydrogens is 334 g/mol. The van der Waals surface area contributed by atoms with E-state index in [1.807, 2.05) is 30.3 Å². The molecule has 0 radical (unpaired) electrons. The Kier molecular flexibility index (Phi) is 3.62. The second-order valence-electron chi connectivity index (χ2n) is 5.89. The van der Waals surface area contributed by atoms with Crippen molar-refractivity contribution in [3.8, 4) is 22.5 Å². The van der Waals surface area contributed by atoms with Crippen molar-refractivity contribution < 1.29 is 9.45 Å². The van der Waals surface area contributed by atoms with E-state index in [1.165, 1.54) is 18.2 Å². The lowest BCUT2D eigenvalue weighted by molar-refractivity contribution is -0.384. The Morgan fingerprint density at radius 2 is 1.85 bits per heavy atom. The summed E-state index contributed by atoms with van der Waals surface area (Å²) in [4.78, 5) is 26.3. The number of aromatic amines is 1. The van der Waals surface area contributed by atoms with Gasteiger partial charge in [-0.15, -0.1) is 0 Å². The third kappa shape index (κ3) is 2.55. The molecule has 0 aliphatic carbocycles.